The zero-order chi connectivity index (χ0) is 44.7. The van der Waals surface area contributed by atoms with Crippen molar-refractivity contribution < 1.29 is 48.4 Å². The highest BCUT2D eigenvalue weighted by molar-refractivity contribution is 6.06. The van der Waals surface area contributed by atoms with Crippen LogP contribution in [0.5, 0.6) is 28.7 Å². The molecule has 8 rings (SSSR count). The Labute approximate surface area is 361 Å². The Morgan fingerprint density at radius 3 is 2.35 bits per heavy atom. The van der Waals surface area contributed by atoms with Crippen LogP contribution < -0.4 is 30.2 Å². The zero-order valence-corrected chi connectivity index (χ0v) is 35.3. The van der Waals surface area contributed by atoms with Crippen LogP contribution in [-0.2, 0) is 35.8 Å². The van der Waals surface area contributed by atoms with Crippen LogP contribution in [-0.4, -0.2) is 91.3 Å². The van der Waals surface area contributed by atoms with E-state index in [1.165, 1.54) is 25.2 Å². The topological polar surface area (TPSA) is 227 Å². The lowest BCUT2D eigenvalue weighted by Crippen LogP contribution is -2.52. The maximum Gasteiger partial charge on any atom is 0.417 e. The SMILES string of the molecule is CCNC(=O)c1nnc(-c2cc(C(C)C)c(O)cc2O)n1-c1ccc2c(c1)CN(Cc1cc(OC)c(OC(=O)Nc3cccc4c3CN(C3CCC(=O)NC3=O)C4=O)c(OC)c1)C2. The maximum atomic E-state index is 13.4. The van der Waals surface area contributed by atoms with Gasteiger partial charge in [-0.05, 0) is 84.0 Å². The van der Waals surface area contributed by atoms with Gasteiger partial charge in [0.2, 0.25) is 23.4 Å². The average molecular weight is 859 g/mol. The summed E-state index contributed by atoms with van der Waals surface area (Å²) in [4.78, 5) is 67.9. The number of aromatic hydroxyl groups is 2. The van der Waals surface area contributed by atoms with E-state index in [0.717, 1.165) is 16.7 Å². The number of carbonyl (C=O) groups excluding carboxylic acids is 5. The molecular weight excluding hydrogens is 813 g/mol. The number of rotatable bonds is 12. The van der Waals surface area contributed by atoms with Gasteiger partial charge >= 0.3 is 6.09 Å². The molecule has 5 amide bonds. The molecule has 1 atom stereocenters. The van der Waals surface area contributed by atoms with Crippen molar-refractivity contribution in [3.63, 3.8) is 0 Å². The van der Waals surface area contributed by atoms with E-state index in [0.29, 0.717) is 59.8 Å². The van der Waals surface area contributed by atoms with Crippen molar-refractivity contribution in [1.29, 1.82) is 0 Å². The van der Waals surface area contributed by atoms with Gasteiger partial charge in [-0.15, -0.1) is 10.2 Å². The van der Waals surface area contributed by atoms with Crippen LogP contribution in [0.3, 0.4) is 0 Å². The molecule has 18 heteroatoms. The van der Waals surface area contributed by atoms with Gasteiger partial charge in [-0.25, -0.2) is 4.79 Å². The van der Waals surface area contributed by atoms with Gasteiger partial charge in [0.25, 0.3) is 11.8 Å². The van der Waals surface area contributed by atoms with Crippen LogP contribution in [0.15, 0.2) is 60.7 Å². The molecule has 4 aromatic carbocycles. The first-order chi connectivity index (χ1) is 30.3. The molecule has 1 fully saturated rings. The number of nitrogens with one attached hydrogen (secondary N) is 3. The number of hydrogen-bond donors (Lipinski definition) is 5. The predicted octanol–water partition coefficient (Wildman–Crippen LogP) is 5.12. The number of fused-ring (bicyclic) bond motifs is 2. The summed E-state index contributed by atoms with van der Waals surface area (Å²) < 4.78 is 18.8. The molecule has 5 N–H and O–H groups in total. The minimum absolute atomic E-state index is 0.0367. The van der Waals surface area contributed by atoms with Crippen LogP contribution in [0, 0.1) is 0 Å². The number of nitrogens with zero attached hydrogens (tertiary/aromatic N) is 5. The van der Waals surface area contributed by atoms with Crippen molar-refractivity contribution >= 4 is 35.4 Å². The highest BCUT2D eigenvalue weighted by Gasteiger charge is 2.40. The molecule has 0 spiro atoms. The van der Waals surface area contributed by atoms with Gasteiger partial charge in [0.15, 0.2) is 17.3 Å². The summed E-state index contributed by atoms with van der Waals surface area (Å²) in [6.07, 6.45) is -0.538. The Kier molecular flexibility index (Phi) is 11.5. The van der Waals surface area contributed by atoms with Gasteiger partial charge in [0.1, 0.15) is 17.5 Å². The fraction of sp³-hybridized carbons (Fsp3) is 0.311. The summed E-state index contributed by atoms with van der Waals surface area (Å²) in [5, 5.41) is 37.9. The first kappa shape index (κ1) is 42.2. The first-order valence-corrected chi connectivity index (χ1v) is 20.4. The lowest BCUT2D eigenvalue weighted by Gasteiger charge is -2.29. The van der Waals surface area contributed by atoms with E-state index >= 15 is 0 Å². The van der Waals surface area contributed by atoms with E-state index in [4.69, 9.17) is 14.2 Å². The van der Waals surface area contributed by atoms with E-state index in [2.05, 4.69) is 31.0 Å². The number of aromatic nitrogens is 3. The number of carbonyl (C=O) groups is 5. The highest BCUT2D eigenvalue weighted by atomic mass is 16.6. The molecule has 63 heavy (non-hydrogen) atoms. The molecule has 1 unspecified atom stereocenters. The summed E-state index contributed by atoms with van der Waals surface area (Å²) in [6, 6.07) is 16.3. The molecule has 0 saturated carbocycles. The second-order valence-corrected chi connectivity index (χ2v) is 15.8. The van der Waals surface area contributed by atoms with Crippen LogP contribution in [0.2, 0.25) is 0 Å². The molecule has 0 radical (unpaired) electrons. The number of hydrogen-bond acceptors (Lipinski definition) is 13. The summed E-state index contributed by atoms with van der Waals surface area (Å²) in [5.41, 5.74) is 5.56. The van der Waals surface area contributed by atoms with E-state index in [1.54, 1.807) is 47.9 Å². The first-order valence-electron chi connectivity index (χ1n) is 20.4. The second kappa shape index (κ2) is 17.1. The number of anilines is 1. The molecule has 18 nitrogen and oxygen atoms in total. The Bertz CT molecular complexity index is 2670. The number of phenolic OH excluding ortho intramolecular Hbond substituents is 2. The van der Waals surface area contributed by atoms with Crippen LogP contribution >= 0.6 is 0 Å². The Balaban J connectivity index is 0.996. The van der Waals surface area contributed by atoms with E-state index in [1.807, 2.05) is 32.0 Å². The molecule has 4 heterocycles. The van der Waals surface area contributed by atoms with E-state index < -0.39 is 23.9 Å². The van der Waals surface area contributed by atoms with Crippen molar-refractivity contribution in [2.24, 2.45) is 0 Å². The van der Waals surface area contributed by atoms with E-state index in [-0.39, 0.29) is 77.5 Å². The van der Waals surface area contributed by atoms with Crippen molar-refractivity contribution in [2.75, 3.05) is 26.1 Å². The molecule has 3 aliphatic heterocycles. The number of piperidine rings is 1. The number of benzene rings is 4. The van der Waals surface area contributed by atoms with Crippen molar-refractivity contribution in [2.45, 2.75) is 71.8 Å². The van der Waals surface area contributed by atoms with Gasteiger partial charge in [0, 0.05) is 67.7 Å². The maximum absolute atomic E-state index is 13.4. The fourth-order valence-electron chi connectivity index (χ4n) is 8.34. The monoisotopic (exact) mass is 858 g/mol. The lowest BCUT2D eigenvalue weighted by molar-refractivity contribution is -0.136. The van der Waals surface area contributed by atoms with Gasteiger partial charge < -0.3 is 34.6 Å². The number of imide groups is 1. The fourth-order valence-corrected chi connectivity index (χ4v) is 8.34. The quantitative estimate of drug-likeness (QED) is 0.103. The molecule has 5 aromatic rings. The minimum atomic E-state index is -0.863. The standard InChI is InChI=1S/C45H46N8O10/c1-6-46-43(58)41-50-49-40(30-17-29(23(2)3)34(54)18-35(30)55)53(41)27-11-10-25-20-51(21-26(25)16-27)19-24-14-36(61-4)39(37(15-24)62-5)63-45(60)47-32-9-7-8-28-31(32)22-52(44(28)59)33-12-13-38(56)48-42(33)57/h7-11,14-18,23,33,54-55H,6,12-13,19-22H2,1-5H3,(H,46,58)(H,47,60)(H,48,56,57). The predicted molar refractivity (Wildman–Crippen MR) is 227 cm³/mol. The van der Waals surface area contributed by atoms with E-state index in [9.17, 15) is 34.2 Å². The van der Waals surface area contributed by atoms with Gasteiger partial charge in [0.05, 0.1) is 19.8 Å². The van der Waals surface area contributed by atoms with Gasteiger partial charge in [-0.2, -0.15) is 0 Å². The number of phenols is 2. The third kappa shape index (κ3) is 8.07. The van der Waals surface area contributed by atoms with Crippen LogP contribution in [0.4, 0.5) is 10.5 Å². The smallest absolute Gasteiger partial charge is 0.417 e. The largest absolute Gasteiger partial charge is 0.508 e. The van der Waals surface area contributed by atoms with Gasteiger partial charge in [-0.3, -0.25) is 39.3 Å². The summed E-state index contributed by atoms with van der Waals surface area (Å²) >= 11 is 0. The molecule has 1 aromatic heterocycles. The Hall–Kier alpha value is -7.47. The zero-order valence-electron chi connectivity index (χ0n) is 35.3. The summed E-state index contributed by atoms with van der Waals surface area (Å²) in [6.45, 7) is 7.66. The highest BCUT2D eigenvalue weighted by Crippen LogP contribution is 2.42. The minimum Gasteiger partial charge on any atom is -0.508 e. The summed E-state index contributed by atoms with van der Waals surface area (Å²) in [5.74, 6) is -1.25. The molecule has 326 valence electrons. The van der Waals surface area contributed by atoms with Crippen molar-refractivity contribution in [1.82, 2.24) is 35.2 Å². The van der Waals surface area contributed by atoms with Crippen molar-refractivity contribution in [3.05, 3.63) is 99.9 Å². The number of methoxy groups -OCH3 is 2. The van der Waals surface area contributed by atoms with Crippen molar-refractivity contribution in [3.8, 4) is 45.8 Å². The number of ether oxygens (including phenoxy) is 3. The summed E-state index contributed by atoms with van der Waals surface area (Å²) in [7, 11) is 2.90. The Morgan fingerprint density at radius 2 is 1.65 bits per heavy atom. The average Bonchev–Trinajstić information content (AvgIpc) is 3.96. The molecule has 3 aliphatic rings. The Morgan fingerprint density at radius 1 is 0.905 bits per heavy atom. The molecule has 0 bridgehead atoms. The third-order valence-corrected chi connectivity index (χ3v) is 11.4. The third-order valence-electron chi connectivity index (χ3n) is 11.4. The normalized spacial score (nSPS) is 15.9. The lowest BCUT2D eigenvalue weighted by atomic mass is 9.98. The van der Waals surface area contributed by atoms with Crippen LogP contribution in [0.25, 0.3) is 17.1 Å². The molecule has 0 aliphatic carbocycles. The second-order valence-electron chi connectivity index (χ2n) is 15.8. The van der Waals surface area contributed by atoms with Crippen LogP contribution in [0.1, 0.15) is 88.3 Å². The molecule has 1 saturated heterocycles. The number of amides is 5. The molecular formula is C45H46N8O10. The van der Waals surface area contributed by atoms with Gasteiger partial charge in [-0.1, -0.05) is 26.0 Å².